The largest absolute Gasteiger partial charge is 0.490 e. The predicted octanol–water partition coefficient (Wildman–Crippen LogP) is 3.30. The lowest BCUT2D eigenvalue weighted by Crippen LogP contribution is -2.25. The first-order valence-corrected chi connectivity index (χ1v) is 9.16. The van der Waals surface area contributed by atoms with Crippen LogP contribution in [0.3, 0.4) is 0 Å². The molecule has 0 aliphatic heterocycles. The molecule has 2 N–H and O–H groups in total. The molecule has 118 valence electrons. The zero-order valence-electron chi connectivity index (χ0n) is 13.1. The van der Waals surface area contributed by atoms with Gasteiger partial charge in [-0.25, -0.2) is 13.6 Å². The molecule has 2 rings (SSSR count). The van der Waals surface area contributed by atoms with E-state index in [0.29, 0.717) is 5.56 Å². The summed E-state index contributed by atoms with van der Waals surface area (Å²) in [5, 5.41) is 5.23. The van der Waals surface area contributed by atoms with Crippen molar-refractivity contribution in [1.82, 2.24) is 0 Å². The van der Waals surface area contributed by atoms with Crippen molar-refractivity contribution in [3.63, 3.8) is 0 Å². The summed E-state index contributed by atoms with van der Waals surface area (Å²) in [7, 11) is -3.67. The van der Waals surface area contributed by atoms with Gasteiger partial charge in [0.1, 0.15) is 5.75 Å². The molecule has 0 amide bonds. The molecule has 0 aromatic heterocycles. The number of sulfonamides is 1. The van der Waals surface area contributed by atoms with Gasteiger partial charge in [0.05, 0.1) is 11.0 Å². The molecular weight excluding hydrogens is 286 g/mol. The van der Waals surface area contributed by atoms with E-state index in [9.17, 15) is 8.42 Å². The Morgan fingerprint density at radius 3 is 2.57 bits per heavy atom. The van der Waals surface area contributed by atoms with E-state index in [1.165, 1.54) is 19.3 Å². The van der Waals surface area contributed by atoms with Crippen LogP contribution in [-0.4, -0.2) is 14.5 Å². The van der Waals surface area contributed by atoms with Crippen LogP contribution in [0.2, 0.25) is 0 Å². The zero-order chi connectivity index (χ0) is 15.6. The summed E-state index contributed by atoms with van der Waals surface area (Å²) in [6, 6.07) is 3.41. The lowest BCUT2D eigenvalue weighted by molar-refractivity contribution is 0.121. The number of primary sulfonamides is 1. The van der Waals surface area contributed by atoms with Gasteiger partial charge in [-0.3, -0.25) is 0 Å². The third-order valence-corrected chi connectivity index (χ3v) is 5.44. The van der Waals surface area contributed by atoms with Crippen molar-refractivity contribution in [3.8, 4) is 5.75 Å². The first kappa shape index (κ1) is 16.3. The number of ether oxygens (including phenoxy) is 1. The van der Waals surface area contributed by atoms with Crippen molar-refractivity contribution in [2.24, 2.45) is 11.1 Å². The molecule has 1 aliphatic rings. The lowest BCUT2D eigenvalue weighted by atomic mass is 9.85. The quantitative estimate of drug-likeness (QED) is 0.927. The van der Waals surface area contributed by atoms with E-state index in [2.05, 4.69) is 6.92 Å². The van der Waals surface area contributed by atoms with E-state index in [1.54, 1.807) is 19.1 Å². The van der Waals surface area contributed by atoms with Gasteiger partial charge in [-0.05, 0) is 62.3 Å². The Bertz CT molecular complexity index is 610. The number of nitrogens with two attached hydrogens (primary N) is 1. The van der Waals surface area contributed by atoms with Gasteiger partial charge in [0.25, 0.3) is 0 Å². The first-order chi connectivity index (χ1) is 9.81. The molecular formula is C16H25NO3S. The molecule has 21 heavy (non-hydrogen) atoms. The van der Waals surface area contributed by atoms with Crippen LogP contribution in [-0.2, 0) is 10.0 Å². The number of benzene rings is 1. The molecule has 5 heteroatoms. The van der Waals surface area contributed by atoms with Gasteiger partial charge >= 0.3 is 0 Å². The SMILES string of the molecule is CCC1CCCC(Oc2cc(C)c(S(N)(=O)=O)cc2C)C1. The summed E-state index contributed by atoms with van der Waals surface area (Å²) in [6.07, 6.45) is 6.09. The summed E-state index contributed by atoms with van der Waals surface area (Å²) >= 11 is 0. The molecule has 4 nitrogen and oxygen atoms in total. The third kappa shape index (κ3) is 3.98. The van der Waals surface area contributed by atoms with Crippen LogP contribution in [0.25, 0.3) is 0 Å². The highest BCUT2D eigenvalue weighted by Gasteiger charge is 2.23. The van der Waals surface area contributed by atoms with Crippen molar-refractivity contribution in [2.45, 2.75) is 63.9 Å². The van der Waals surface area contributed by atoms with Crippen LogP contribution >= 0.6 is 0 Å². The fourth-order valence-electron chi connectivity index (χ4n) is 3.10. The third-order valence-electron chi connectivity index (χ3n) is 4.38. The Labute approximate surface area is 127 Å². The van der Waals surface area contributed by atoms with Gasteiger partial charge in [-0.2, -0.15) is 0 Å². The standard InChI is InChI=1S/C16H25NO3S/c1-4-13-6-5-7-14(10-13)20-15-8-12(3)16(9-11(15)2)21(17,18)19/h8-9,13-14H,4-7,10H2,1-3H3,(H2,17,18,19). The van der Waals surface area contributed by atoms with Crippen LogP contribution in [0.5, 0.6) is 5.75 Å². The number of hydrogen-bond donors (Lipinski definition) is 1. The maximum absolute atomic E-state index is 11.5. The topological polar surface area (TPSA) is 69.4 Å². The van der Waals surface area contributed by atoms with E-state index in [1.807, 2.05) is 6.92 Å². The number of aryl methyl sites for hydroxylation is 2. The minimum absolute atomic E-state index is 0.183. The summed E-state index contributed by atoms with van der Waals surface area (Å²) < 4.78 is 29.2. The highest BCUT2D eigenvalue weighted by molar-refractivity contribution is 7.89. The highest BCUT2D eigenvalue weighted by atomic mass is 32.2. The fourth-order valence-corrected chi connectivity index (χ4v) is 3.94. The monoisotopic (exact) mass is 311 g/mol. The van der Waals surface area contributed by atoms with E-state index in [0.717, 1.165) is 30.1 Å². The molecule has 1 saturated carbocycles. The average molecular weight is 311 g/mol. The molecule has 0 bridgehead atoms. The second-order valence-corrected chi connectivity index (χ2v) is 7.64. The van der Waals surface area contributed by atoms with E-state index >= 15 is 0 Å². The second-order valence-electron chi connectivity index (χ2n) is 6.11. The van der Waals surface area contributed by atoms with Crippen LogP contribution < -0.4 is 9.88 Å². The van der Waals surface area contributed by atoms with E-state index in [-0.39, 0.29) is 11.0 Å². The maximum atomic E-state index is 11.5. The molecule has 1 aliphatic carbocycles. The first-order valence-electron chi connectivity index (χ1n) is 7.62. The highest BCUT2D eigenvalue weighted by Crippen LogP contribution is 2.32. The zero-order valence-corrected chi connectivity index (χ0v) is 13.9. The van der Waals surface area contributed by atoms with Gasteiger partial charge in [-0.15, -0.1) is 0 Å². The fraction of sp³-hybridized carbons (Fsp3) is 0.625. The molecule has 1 fully saturated rings. The van der Waals surface area contributed by atoms with Gasteiger partial charge in [0.15, 0.2) is 0 Å². The average Bonchev–Trinajstić information content (AvgIpc) is 2.41. The predicted molar refractivity (Wildman–Crippen MR) is 84.0 cm³/mol. The van der Waals surface area contributed by atoms with Gasteiger partial charge in [-0.1, -0.05) is 19.8 Å². The molecule has 1 aromatic carbocycles. The van der Waals surface area contributed by atoms with Crippen molar-refractivity contribution in [2.75, 3.05) is 0 Å². The van der Waals surface area contributed by atoms with Gasteiger partial charge in [0.2, 0.25) is 10.0 Å². The van der Waals surface area contributed by atoms with Crippen LogP contribution in [0.4, 0.5) is 0 Å². The normalized spacial score (nSPS) is 23.0. The number of rotatable bonds is 4. The molecule has 2 unspecified atom stereocenters. The van der Waals surface area contributed by atoms with Crippen molar-refractivity contribution in [1.29, 1.82) is 0 Å². The Hall–Kier alpha value is -1.07. The molecule has 0 radical (unpaired) electrons. The Morgan fingerprint density at radius 2 is 1.95 bits per heavy atom. The van der Waals surface area contributed by atoms with E-state index < -0.39 is 10.0 Å². The molecule has 2 atom stereocenters. The lowest BCUT2D eigenvalue weighted by Gasteiger charge is -2.29. The van der Waals surface area contributed by atoms with Crippen molar-refractivity contribution in [3.05, 3.63) is 23.3 Å². The molecule has 0 saturated heterocycles. The van der Waals surface area contributed by atoms with Gasteiger partial charge < -0.3 is 4.74 Å². The summed E-state index contributed by atoms with van der Waals surface area (Å²) in [5.41, 5.74) is 1.46. The summed E-state index contributed by atoms with van der Waals surface area (Å²) in [6.45, 7) is 5.84. The minimum atomic E-state index is -3.67. The van der Waals surface area contributed by atoms with Crippen LogP contribution in [0, 0.1) is 19.8 Å². The Morgan fingerprint density at radius 1 is 1.24 bits per heavy atom. The molecule has 0 heterocycles. The van der Waals surface area contributed by atoms with Crippen LogP contribution in [0.15, 0.2) is 17.0 Å². The van der Waals surface area contributed by atoms with Crippen molar-refractivity contribution < 1.29 is 13.2 Å². The van der Waals surface area contributed by atoms with Crippen LogP contribution in [0.1, 0.15) is 50.2 Å². The van der Waals surface area contributed by atoms with Gasteiger partial charge in [0, 0.05) is 0 Å². The smallest absolute Gasteiger partial charge is 0.238 e. The summed E-state index contributed by atoms with van der Waals surface area (Å²) in [5.74, 6) is 1.52. The molecule has 0 spiro atoms. The summed E-state index contributed by atoms with van der Waals surface area (Å²) in [4.78, 5) is 0.183. The Kier molecular flexibility index (Phi) is 4.94. The Balaban J connectivity index is 2.20. The second kappa shape index (κ2) is 6.36. The number of hydrogen-bond acceptors (Lipinski definition) is 3. The maximum Gasteiger partial charge on any atom is 0.238 e. The minimum Gasteiger partial charge on any atom is -0.490 e. The molecule has 1 aromatic rings. The van der Waals surface area contributed by atoms with E-state index in [4.69, 9.17) is 9.88 Å². The van der Waals surface area contributed by atoms with Crippen molar-refractivity contribution >= 4 is 10.0 Å².